The molecule has 0 aliphatic carbocycles. The summed E-state index contributed by atoms with van der Waals surface area (Å²) < 4.78 is 248. The van der Waals surface area contributed by atoms with E-state index in [4.69, 9.17) is 19.3 Å². The van der Waals surface area contributed by atoms with Crippen LogP contribution in [0.3, 0.4) is 0 Å². The number of hydrogen-bond donors (Lipinski definition) is 1. The molecule has 0 unspecified atom stereocenters. The smallest absolute Gasteiger partial charge is 0.394 e. The SMILES string of the molecule is CCC.CCCC(F)(F)F.CCOC(F)(F)COCC(F)(F)F.CCOCCO.CCOCCOC.CCc1ccc(C)cc1.Cc1cc(CC(F)(F)F)cc(CC(F)(F)F)c1.Cc1ccc(C(F)(F)C(F)(F)F)cc1. The van der Waals surface area contributed by atoms with Gasteiger partial charge in [-0.2, -0.15) is 83.4 Å². The summed E-state index contributed by atoms with van der Waals surface area (Å²) in [5, 5.41) is 8.07. The normalized spacial score (nSPS) is 11.6. The van der Waals surface area contributed by atoms with Gasteiger partial charge >= 0.3 is 42.9 Å². The van der Waals surface area contributed by atoms with Gasteiger partial charge in [-0.25, -0.2) is 0 Å². The Balaban J connectivity index is -0.000000263. The summed E-state index contributed by atoms with van der Waals surface area (Å²) in [6.45, 7) is 18.4. The lowest BCUT2D eigenvalue weighted by molar-refractivity contribution is -0.289. The second-order valence-corrected chi connectivity index (χ2v) is 15.5. The van der Waals surface area contributed by atoms with Gasteiger partial charge in [0, 0.05) is 32.3 Å². The Morgan fingerprint density at radius 3 is 1.16 bits per heavy atom. The predicted octanol–water partition coefficient (Wildman–Crippen LogP) is 17.1. The lowest BCUT2D eigenvalue weighted by atomic mass is 10.0. The van der Waals surface area contributed by atoms with Gasteiger partial charge in [0.15, 0.2) is 0 Å². The van der Waals surface area contributed by atoms with Gasteiger partial charge < -0.3 is 28.8 Å². The Morgan fingerprint density at radius 1 is 0.447 bits per heavy atom. The van der Waals surface area contributed by atoms with Crippen LogP contribution in [0.15, 0.2) is 66.7 Å². The van der Waals surface area contributed by atoms with Crippen molar-refractivity contribution in [2.75, 3.05) is 66.6 Å². The van der Waals surface area contributed by atoms with Gasteiger partial charge in [-0.15, -0.1) is 0 Å². The van der Waals surface area contributed by atoms with Crippen LogP contribution in [-0.2, 0) is 48.9 Å². The monoisotopic (exact) mass is 1140 g/mol. The number of aliphatic hydroxyl groups is 1. The van der Waals surface area contributed by atoms with Crippen LogP contribution < -0.4 is 0 Å². The van der Waals surface area contributed by atoms with Crippen LogP contribution in [0.2, 0.25) is 0 Å². The highest BCUT2D eigenvalue weighted by atomic mass is 19.4. The maximum atomic E-state index is 12.7. The van der Waals surface area contributed by atoms with Gasteiger partial charge in [-0.05, 0) is 71.1 Å². The molecule has 0 atom stereocenters. The molecule has 0 saturated carbocycles. The van der Waals surface area contributed by atoms with E-state index in [1.165, 1.54) is 62.6 Å². The molecular weight excluding hydrogens is 1070 g/mol. The lowest BCUT2D eigenvalue weighted by Gasteiger charge is -2.19. The summed E-state index contributed by atoms with van der Waals surface area (Å²) in [5.74, 6) is -4.78. The van der Waals surface area contributed by atoms with Gasteiger partial charge in [0.1, 0.15) is 13.2 Å². The average molecular weight is 1150 g/mol. The Morgan fingerprint density at radius 2 is 0.868 bits per heavy atom. The van der Waals surface area contributed by atoms with Crippen molar-refractivity contribution in [3.63, 3.8) is 0 Å². The van der Waals surface area contributed by atoms with Crippen LogP contribution in [0.5, 0.6) is 0 Å². The molecule has 0 aromatic heterocycles. The molecule has 0 aliphatic heterocycles. The molecule has 0 bridgehead atoms. The summed E-state index contributed by atoms with van der Waals surface area (Å²) in [7, 11) is 1.67. The third kappa shape index (κ3) is 54.9. The number of hydrogen-bond acceptors (Lipinski definition) is 6. The molecule has 6 nitrogen and oxygen atoms in total. The van der Waals surface area contributed by atoms with Crippen molar-refractivity contribution >= 4 is 0 Å². The Kier molecular flexibility index (Phi) is 45.8. The first-order valence-corrected chi connectivity index (χ1v) is 23.5. The summed E-state index contributed by atoms with van der Waals surface area (Å²) in [6, 6.07) is 16.1. The molecule has 448 valence electrons. The van der Waals surface area contributed by atoms with E-state index in [1.807, 2.05) is 13.8 Å². The number of alkyl halides is 19. The van der Waals surface area contributed by atoms with Gasteiger partial charge in [0.25, 0.3) is 0 Å². The second-order valence-electron chi connectivity index (χ2n) is 15.5. The van der Waals surface area contributed by atoms with Gasteiger partial charge in [0.05, 0.1) is 45.9 Å². The van der Waals surface area contributed by atoms with E-state index >= 15 is 0 Å². The van der Waals surface area contributed by atoms with Crippen molar-refractivity contribution < 1.29 is 112 Å². The number of rotatable bonds is 17. The summed E-state index contributed by atoms with van der Waals surface area (Å²) >= 11 is 0. The van der Waals surface area contributed by atoms with Crippen molar-refractivity contribution in [2.45, 2.75) is 151 Å². The maximum absolute atomic E-state index is 12.7. The topological polar surface area (TPSA) is 66.4 Å². The summed E-state index contributed by atoms with van der Waals surface area (Å²) in [5.41, 5.74) is 2.47. The van der Waals surface area contributed by atoms with Crippen LogP contribution in [0, 0.1) is 20.8 Å². The third-order valence-corrected chi connectivity index (χ3v) is 7.81. The van der Waals surface area contributed by atoms with Crippen LogP contribution in [0.1, 0.15) is 107 Å². The Hall–Kier alpha value is -3.91. The van der Waals surface area contributed by atoms with E-state index in [1.54, 1.807) is 14.0 Å². The first-order chi connectivity index (χ1) is 34.7. The first-order valence-electron chi connectivity index (χ1n) is 23.5. The number of benzene rings is 3. The number of halogens is 19. The molecule has 0 aliphatic rings. The molecule has 3 aromatic carbocycles. The van der Waals surface area contributed by atoms with Crippen LogP contribution in [-0.4, -0.2) is 109 Å². The summed E-state index contributed by atoms with van der Waals surface area (Å²) in [4.78, 5) is 0. The molecule has 0 amide bonds. The Labute approximate surface area is 434 Å². The molecule has 0 saturated heterocycles. The molecular formula is C51H75F19O6. The molecule has 0 heterocycles. The zero-order chi connectivity index (χ0) is 60.5. The van der Waals surface area contributed by atoms with E-state index in [0.717, 1.165) is 31.2 Å². The molecule has 3 aromatic rings. The molecule has 1 N–H and O–H groups in total. The zero-order valence-corrected chi connectivity index (χ0v) is 44.6. The van der Waals surface area contributed by atoms with Crippen LogP contribution in [0.4, 0.5) is 83.4 Å². The fourth-order valence-electron chi connectivity index (χ4n) is 4.68. The fourth-order valence-corrected chi connectivity index (χ4v) is 4.68. The van der Waals surface area contributed by atoms with Crippen LogP contribution >= 0.6 is 0 Å². The van der Waals surface area contributed by atoms with Crippen molar-refractivity contribution in [3.8, 4) is 0 Å². The fraction of sp³-hybridized carbons (Fsp3) is 0.647. The lowest BCUT2D eigenvalue weighted by Crippen LogP contribution is -2.33. The molecule has 0 radical (unpaired) electrons. The zero-order valence-electron chi connectivity index (χ0n) is 44.6. The first kappa shape index (κ1) is 80.9. The molecule has 0 fully saturated rings. The average Bonchev–Trinajstić information content (AvgIpc) is 3.25. The van der Waals surface area contributed by atoms with E-state index in [2.05, 4.69) is 61.4 Å². The minimum Gasteiger partial charge on any atom is -0.394 e. The third-order valence-electron chi connectivity index (χ3n) is 7.81. The Bertz CT molecular complexity index is 1740. The minimum atomic E-state index is -5.54. The van der Waals surface area contributed by atoms with E-state index in [-0.39, 0.29) is 30.8 Å². The van der Waals surface area contributed by atoms with Gasteiger partial charge in [-0.3, -0.25) is 0 Å². The predicted molar refractivity (Wildman–Crippen MR) is 255 cm³/mol. The highest BCUT2D eigenvalue weighted by Crippen LogP contribution is 2.43. The molecule has 25 heteroatoms. The van der Waals surface area contributed by atoms with Gasteiger partial charge in [-0.1, -0.05) is 118 Å². The molecule has 3 rings (SSSR count). The number of aliphatic hydroxyl groups excluding tert-OH is 1. The van der Waals surface area contributed by atoms with Crippen LogP contribution in [0.25, 0.3) is 0 Å². The van der Waals surface area contributed by atoms with Crippen molar-refractivity contribution in [2.24, 2.45) is 0 Å². The van der Waals surface area contributed by atoms with Crippen molar-refractivity contribution in [1.82, 2.24) is 0 Å². The second kappa shape index (κ2) is 43.0. The molecule has 0 spiro atoms. The van der Waals surface area contributed by atoms with Gasteiger partial charge in [0.2, 0.25) is 0 Å². The maximum Gasteiger partial charge on any atom is 0.458 e. The van der Waals surface area contributed by atoms with Crippen molar-refractivity contribution in [3.05, 3.63) is 106 Å². The van der Waals surface area contributed by atoms with E-state index in [0.29, 0.717) is 37.6 Å². The molecule has 76 heavy (non-hydrogen) atoms. The van der Waals surface area contributed by atoms with E-state index < -0.39 is 81.0 Å². The standard InChI is InChI=1S/C11H10F6.C9H7F5.C9H12.C6H9F5O2.C5H12O2.C4H7F3.C4H10O2.C3H8/c1-7-2-8(5-10(12,13)14)4-9(3-7)6-11(15,16)17;1-6-2-4-7(5-3-6)8(10,11)9(12,13)14;1-3-9-6-4-8(2)5-7-9;1-2-13-6(10,11)4-12-3-5(7,8)9;1-3-7-5-4-6-2;1-2-3-4(5,6)7;1-2-6-4-3-5;1-3-2/h2-4H,5-6H2,1H3;2-5H,1H3;4-7H,3H2,1-2H3;2-4H2,1H3;3-5H2,1-2H3;2-3H2,1H3;5H,2-4H2,1H3;3H2,1-2H3. The highest BCUT2D eigenvalue weighted by Gasteiger charge is 2.58. The number of aryl methyl sites for hydroxylation is 4. The number of ether oxygens (including phenoxy) is 5. The number of methoxy groups -OCH3 is 1. The van der Waals surface area contributed by atoms with E-state index in [9.17, 15) is 83.4 Å². The summed E-state index contributed by atoms with van der Waals surface area (Å²) in [6.07, 6.45) is -27.1. The largest absolute Gasteiger partial charge is 0.458 e. The highest BCUT2D eigenvalue weighted by molar-refractivity contribution is 5.30. The van der Waals surface area contributed by atoms with Crippen molar-refractivity contribution in [1.29, 1.82) is 0 Å². The minimum absolute atomic E-state index is 0.133. The quantitative estimate of drug-likeness (QED) is 0.107.